The first-order chi connectivity index (χ1) is 52.7. The fourth-order valence-electron chi connectivity index (χ4n) is 11.5. The summed E-state index contributed by atoms with van der Waals surface area (Å²) in [5.74, 6) is -2.21. The lowest BCUT2D eigenvalue weighted by Crippen LogP contribution is -2.30. The van der Waals surface area contributed by atoms with Gasteiger partial charge in [-0.1, -0.05) is 323 Å². The lowest BCUT2D eigenvalue weighted by molar-refractivity contribution is -0.161. The SMILES string of the molecule is CC/C=C\C/C=C\C/C=C\C/C=C\CCCCCCC(=O)OCC(COP(=O)(O)OCC(O)COP(=O)(O)OCC(COC(=O)CCCCCCCC/C=C\C/C=C\C/C=C\CCCCC)OC(=O)CCCCCCCCCCCCCCCCC)OC(=O)CCCCCCCCC/C=C\C/C=C\C/C=C\CC. The number of aliphatic hydroxyl groups is 1. The third-order valence-corrected chi connectivity index (χ3v) is 19.8. The zero-order valence-electron chi connectivity index (χ0n) is 68.2. The molecule has 0 aliphatic carbocycles. The highest BCUT2D eigenvalue weighted by Crippen LogP contribution is 2.45. The number of aliphatic hydroxyl groups excluding tert-OH is 1. The van der Waals surface area contributed by atoms with E-state index in [1.165, 1.54) is 83.5 Å². The Balaban J connectivity index is 5.40. The summed E-state index contributed by atoms with van der Waals surface area (Å²) >= 11 is 0. The number of hydrogen-bond acceptors (Lipinski definition) is 15. The molecule has 0 amide bonds. The van der Waals surface area contributed by atoms with E-state index in [-0.39, 0.29) is 25.7 Å². The minimum atomic E-state index is -4.99. The van der Waals surface area contributed by atoms with Gasteiger partial charge in [-0.25, -0.2) is 9.13 Å². The Morgan fingerprint density at radius 3 is 0.759 bits per heavy atom. The molecule has 0 radical (unpaired) electrons. The normalized spacial score (nSPS) is 14.4. The van der Waals surface area contributed by atoms with Crippen molar-refractivity contribution in [3.8, 4) is 0 Å². The Hall–Kier alpha value is -4.54. The second kappa shape index (κ2) is 80.5. The lowest BCUT2D eigenvalue weighted by atomic mass is 10.0. The van der Waals surface area contributed by atoms with Gasteiger partial charge in [0.2, 0.25) is 0 Å². The quantitative estimate of drug-likeness (QED) is 0.0169. The number of carbonyl (C=O) groups excluding carboxylic acids is 4. The number of carbonyl (C=O) groups is 4. The highest BCUT2D eigenvalue weighted by molar-refractivity contribution is 7.47. The van der Waals surface area contributed by atoms with Crippen LogP contribution in [-0.4, -0.2) is 96.7 Å². The van der Waals surface area contributed by atoms with E-state index < -0.39 is 97.5 Å². The summed E-state index contributed by atoms with van der Waals surface area (Å²) in [6.07, 6.45) is 90.1. The standard InChI is InChI=1S/C89H154O17P2/c1-5-9-13-17-21-25-29-33-37-40-41-44-47-50-54-58-62-66-70-74-87(92)100-79-84(105-88(93)75-71-67-63-59-55-51-45-36-32-28-24-20-16-12-8-4)81-103-107(95,96)101-77-83(90)78-102-108(97,98)104-82-85(106-89(94)76-72-68-64-60-56-52-48-43-39-35-31-27-23-19-15-11-7-3)80-99-86(91)73-69-65-61-57-53-49-46-42-38-34-30-26-22-18-14-10-6-2/h10-11,14-15,21-23,25-27,33-35,37-39,41,44,46,49,83-85,90H,5-9,12-13,16-20,24,28-32,36,40,42-43,45,47-48,50-82H2,1-4H3,(H,95,96)(H,97,98)/b14-10-,15-11-,25-21-,26-22-,27-23-,37-33-,38-34-,39-35-,44-41-,49-46-. The molecule has 622 valence electrons. The van der Waals surface area contributed by atoms with E-state index in [1.54, 1.807) is 0 Å². The largest absolute Gasteiger partial charge is 0.472 e. The second-order valence-corrected chi connectivity index (χ2v) is 31.3. The van der Waals surface area contributed by atoms with Crippen LogP contribution in [0.25, 0.3) is 0 Å². The van der Waals surface area contributed by atoms with Gasteiger partial charge in [0.25, 0.3) is 0 Å². The van der Waals surface area contributed by atoms with Gasteiger partial charge >= 0.3 is 39.5 Å². The van der Waals surface area contributed by atoms with Crippen molar-refractivity contribution in [2.45, 2.75) is 380 Å². The predicted molar refractivity (Wildman–Crippen MR) is 445 cm³/mol. The summed E-state index contributed by atoms with van der Waals surface area (Å²) < 4.78 is 68.8. The van der Waals surface area contributed by atoms with Crippen molar-refractivity contribution in [3.05, 3.63) is 122 Å². The maximum atomic E-state index is 13.1. The number of rotatable bonds is 80. The first-order valence-corrected chi connectivity index (χ1v) is 45.8. The van der Waals surface area contributed by atoms with Crippen molar-refractivity contribution < 1.29 is 80.2 Å². The van der Waals surface area contributed by atoms with Crippen LogP contribution in [0, 0.1) is 0 Å². The smallest absolute Gasteiger partial charge is 0.462 e. The molecule has 0 fully saturated rings. The van der Waals surface area contributed by atoms with Crippen LogP contribution in [0.1, 0.15) is 362 Å². The van der Waals surface area contributed by atoms with Crippen LogP contribution < -0.4 is 0 Å². The van der Waals surface area contributed by atoms with Gasteiger partial charge in [-0.15, -0.1) is 0 Å². The van der Waals surface area contributed by atoms with Crippen LogP contribution in [0.5, 0.6) is 0 Å². The van der Waals surface area contributed by atoms with Crippen LogP contribution >= 0.6 is 15.6 Å². The van der Waals surface area contributed by atoms with Crippen LogP contribution in [0.4, 0.5) is 0 Å². The van der Waals surface area contributed by atoms with Crippen molar-refractivity contribution in [2.24, 2.45) is 0 Å². The highest BCUT2D eigenvalue weighted by Gasteiger charge is 2.30. The summed E-state index contributed by atoms with van der Waals surface area (Å²) in [7, 11) is -9.98. The maximum Gasteiger partial charge on any atom is 0.472 e. The molecule has 0 rings (SSSR count). The second-order valence-electron chi connectivity index (χ2n) is 28.4. The molecule has 0 bridgehead atoms. The molecule has 0 spiro atoms. The average molecular weight is 1560 g/mol. The molecular formula is C89H154O17P2. The topological polar surface area (TPSA) is 237 Å². The van der Waals surface area contributed by atoms with E-state index in [0.717, 1.165) is 199 Å². The molecule has 5 unspecified atom stereocenters. The average Bonchev–Trinajstić information content (AvgIpc) is 0.901. The van der Waals surface area contributed by atoms with Gasteiger partial charge in [-0.3, -0.25) is 37.3 Å². The summed E-state index contributed by atoms with van der Waals surface area (Å²) in [6, 6.07) is 0. The van der Waals surface area contributed by atoms with E-state index >= 15 is 0 Å². The maximum absolute atomic E-state index is 13.1. The van der Waals surface area contributed by atoms with E-state index in [2.05, 4.69) is 149 Å². The van der Waals surface area contributed by atoms with Gasteiger partial charge in [0.15, 0.2) is 12.2 Å². The van der Waals surface area contributed by atoms with E-state index in [4.69, 9.17) is 37.0 Å². The third-order valence-electron chi connectivity index (χ3n) is 17.9. The highest BCUT2D eigenvalue weighted by atomic mass is 31.2. The molecule has 0 aromatic carbocycles. The molecule has 0 aromatic heterocycles. The molecule has 0 saturated carbocycles. The van der Waals surface area contributed by atoms with Crippen molar-refractivity contribution in [3.63, 3.8) is 0 Å². The number of esters is 4. The minimum absolute atomic E-state index is 0.0762. The summed E-state index contributed by atoms with van der Waals surface area (Å²) in [6.45, 7) is 4.63. The Kier molecular flexibility index (Phi) is 77.1. The number of phosphoric acid groups is 2. The van der Waals surface area contributed by atoms with Gasteiger partial charge < -0.3 is 33.8 Å². The first-order valence-electron chi connectivity index (χ1n) is 42.8. The van der Waals surface area contributed by atoms with E-state index in [0.29, 0.717) is 25.7 Å². The molecule has 108 heavy (non-hydrogen) atoms. The molecule has 0 heterocycles. The minimum Gasteiger partial charge on any atom is -0.462 e. The van der Waals surface area contributed by atoms with Crippen LogP contribution in [0.3, 0.4) is 0 Å². The van der Waals surface area contributed by atoms with Crippen molar-refractivity contribution >= 4 is 39.5 Å². The van der Waals surface area contributed by atoms with Crippen LogP contribution in [0.2, 0.25) is 0 Å². The van der Waals surface area contributed by atoms with E-state index in [9.17, 15) is 43.2 Å². The Labute approximate surface area is 657 Å². The number of unbranched alkanes of at least 4 members (excludes halogenated alkanes) is 34. The van der Waals surface area contributed by atoms with Crippen LogP contribution in [-0.2, 0) is 65.4 Å². The van der Waals surface area contributed by atoms with Gasteiger partial charge in [0.1, 0.15) is 19.3 Å². The van der Waals surface area contributed by atoms with Crippen molar-refractivity contribution in [1.29, 1.82) is 0 Å². The molecule has 0 saturated heterocycles. The fourth-order valence-corrected chi connectivity index (χ4v) is 13.0. The van der Waals surface area contributed by atoms with Crippen molar-refractivity contribution in [1.82, 2.24) is 0 Å². The van der Waals surface area contributed by atoms with E-state index in [1.807, 2.05) is 0 Å². The zero-order chi connectivity index (χ0) is 78.9. The van der Waals surface area contributed by atoms with Crippen molar-refractivity contribution in [2.75, 3.05) is 39.6 Å². The molecule has 19 heteroatoms. The Morgan fingerprint density at radius 2 is 0.481 bits per heavy atom. The monoisotopic (exact) mass is 1560 g/mol. The molecule has 0 aromatic rings. The fraction of sp³-hybridized carbons (Fsp3) is 0.730. The number of phosphoric ester groups is 2. The predicted octanol–water partition coefficient (Wildman–Crippen LogP) is 25.5. The number of ether oxygens (including phenoxy) is 4. The molecule has 5 atom stereocenters. The number of allylic oxidation sites excluding steroid dienone is 20. The summed E-state index contributed by atoms with van der Waals surface area (Å²) in [4.78, 5) is 73.3. The zero-order valence-corrected chi connectivity index (χ0v) is 70.0. The third kappa shape index (κ3) is 79.5. The molecule has 0 aliphatic heterocycles. The van der Waals surface area contributed by atoms with Gasteiger partial charge in [0, 0.05) is 25.7 Å². The summed E-state index contributed by atoms with van der Waals surface area (Å²) in [5.41, 5.74) is 0. The molecule has 17 nitrogen and oxygen atoms in total. The summed E-state index contributed by atoms with van der Waals surface area (Å²) in [5, 5.41) is 10.7. The Morgan fingerprint density at radius 1 is 0.269 bits per heavy atom. The molecule has 0 aliphatic rings. The molecular weight excluding hydrogens is 1400 g/mol. The van der Waals surface area contributed by atoms with Gasteiger partial charge in [0.05, 0.1) is 26.4 Å². The van der Waals surface area contributed by atoms with Gasteiger partial charge in [-0.05, 0) is 135 Å². The van der Waals surface area contributed by atoms with Crippen LogP contribution in [0.15, 0.2) is 122 Å². The number of hydrogen-bond donors (Lipinski definition) is 3. The van der Waals surface area contributed by atoms with Gasteiger partial charge in [-0.2, -0.15) is 0 Å². The lowest BCUT2D eigenvalue weighted by Gasteiger charge is -2.21. The first kappa shape index (κ1) is 103. The molecule has 3 N–H and O–H groups in total. The Bertz CT molecular complexity index is 2520.